The lowest BCUT2D eigenvalue weighted by atomic mass is 10.1. The molecule has 1 amide bonds. The zero-order valence-electron chi connectivity index (χ0n) is 17.8. The van der Waals surface area contributed by atoms with Gasteiger partial charge in [0.05, 0.1) is 6.67 Å². The minimum Gasteiger partial charge on any atom is -0.483 e. The molecule has 29 heavy (non-hydrogen) atoms. The number of amides is 1. The van der Waals surface area contributed by atoms with Crippen molar-refractivity contribution in [3.63, 3.8) is 0 Å². The number of hydrogen-bond acceptors (Lipinski definition) is 5. The fourth-order valence-electron chi connectivity index (χ4n) is 2.62. The van der Waals surface area contributed by atoms with Gasteiger partial charge in [0, 0.05) is 6.42 Å². The lowest BCUT2D eigenvalue weighted by Gasteiger charge is -2.27. The lowest BCUT2D eigenvalue weighted by molar-refractivity contribution is -0.145. The number of carbonyl (C=O) groups is 3. The molecule has 10 nitrogen and oxygen atoms in total. The highest BCUT2D eigenvalue weighted by molar-refractivity contribution is 5.85. The Kier molecular flexibility index (Phi) is 18.9. The molecule has 170 valence electrons. The van der Waals surface area contributed by atoms with Crippen molar-refractivity contribution in [3.05, 3.63) is 0 Å². The van der Waals surface area contributed by atoms with Gasteiger partial charge in [0.25, 0.3) is 6.47 Å². The quantitative estimate of drug-likeness (QED) is 0.0654. The van der Waals surface area contributed by atoms with Crippen molar-refractivity contribution in [2.24, 2.45) is 5.73 Å². The first-order chi connectivity index (χ1) is 13.7. The fraction of sp³-hybridized carbons (Fsp3) is 0.789. The Labute approximate surface area is 173 Å². The largest absolute Gasteiger partial charge is 0.483 e. The van der Waals surface area contributed by atoms with Crippen molar-refractivity contribution in [1.29, 1.82) is 5.41 Å². The fourth-order valence-corrected chi connectivity index (χ4v) is 2.62. The summed E-state index contributed by atoms with van der Waals surface area (Å²) in [6.07, 6.45) is 12.5. The number of aliphatic carboxylic acids is 1. The van der Waals surface area contributed by atoms with E-state index >= 15 is 0 Å². The van der Waals surface area contributed by atoms with E-state index in [0.717, 1.165) is 19.3 Å². The van der Waals surface area contributed by atoms with Crippen LogP contribution in [0.4, 0.5) is 0 Å². The Morgan fingerprint density at radius 2 is 1.48 bits per heavy atom. The van der Waals surface area contributed by atoms with Crippen LogP contribution in [0.3, 0.4) is 0 Å². The Hall–Kier alpha value is -2.36. The maximum Gasteiger partial charge on any atom is 0.344 e. The van der Waals surface area contributed by atoms with Crippen molar-refractivity contribution in [1.82, 2.24) is 16.0 Å². The topological polar surface area (TPSA) is 178 Å². The molecule has 0 aliphatic rings. The molecule has 1 atom stereocenters. The minimum atomic E-state index is -1.60. The van der Waals surface area contributed by atoms with Crippen LogP contribution < -0.4 is 21.7 Å². The average Bonchev–Trinajstić information content (AvgIpc) is 2.63. The molecular weight excluding hydrogens is 378 g/mol. The minimum absolute atomic E-state index is 0.0142. The van der Waals surface area contributed by atoms with Gasteiger partial charge in [-0.15, -0.1) is 0 Å². The van der Waals surface area contributed by atoms with Gasteiger partial charge >= 0.3 is 5.97 Å². The molecule has 8 N–H and O–H groups in total. The molecule has 0 aromatic heterocycles. The van der Waals surface area contributed by atoms with Crippen LogP contribution in [0.2, 0.25) is 0 Å². The number of carboxylic acids is 1. The Morgan fingerprint density at radius 1 is 1.03 bits per heavy atom. The van der Waals surface area contributed by atoms with Gasteiger partial charge in [-0.1, -0.05) is 64.7 Å². The molecule has 0 aliphatic heterocycles. The van der Waals surface area contributed by atoms with Crippen molar-refractivity contribution in [2.45, 2.75) is 90.1 Å². The van der Waals surface area contributed by atoms with E-state index in [2.05, 4.69) is 22.9 Å². The van der Waals surface area contributed by atoms with Gasteiger partial charge in [0.1, 0.15) is 0 Å². The Bertz CT molecular complexity index is 476. The molecule has 0 radical (unpaired) electrons. The number of unbranched alkanes of at least 4 members (excludes halogenated alkanes) is 9. The van der Waals surface area contributed by atoms with Gasteiger partial charge < -0.3 is 26.6 Å². The van der Waals surface area contributed by atoms with Crippen LogP contribution >= 0.6 is 0 Å². The van der Waals surface area contributed by atoms with Crippen LogP contribution in [0, 0.1) is 5.41 Å². The smallest absolute Gasteiger partial charge is 0.344 e. The van der Waals surface area contributed by atoms with E-state index in [-0.39, 0.29) is 19.0 Å². The zero-order valence-corrected chi connectivity index (χ0v) is 17.8. The Morgan fingerprint density at radius 3 is 1.90 bits per heavy atom. The van der Waals surface area contributed by atoms with E-state index in [1.807, 2.05) is 0 Å². The van der Waals surface area contributed by atoms with E-state index in [9.17, 15) is 9.59 Å². The van der Waals surface area contributed by atoms with Crippen LogP contribution in [0.5, 0.6) is 0 Å². The second-order valence-electron chi connectivity index (χ2n) is 6.96. The van der Waals surface area contributed by atoms with E-state index in [0.29, 0.717) is 6.42 Å². The van der Waals surface area contributed by atoms with Crippen LogP contribution in [-0.4, -0.2) is 46.9 Å². The number of nitrogens with two attached hydrogens (primary N) is 1. The standard InChI is InChI=1S/C18H37N5O3.CH2O2/c1-3-4-5-6-7-8-9-10-11-12-13-15(24)21-14-22-18(2,16(25)26)23-17(19)20;2-1-3/h22H,3-14H2,1-2H3,(H,21,24)(H,25,26)(H4,19,20,23);1H,(H,2,3). The molecular formula is C19H39N5O5. The van der Waals surface area contributed by atoms with Crippen molar-refractivity contribution in [3.8, 4) is 0 Å². The van der Waals surface area contributed by atoms with Gasteiger partial charge in [0.15, 0.2) is 11.6 Å². The third-order valence-corrected chi connectivity index (χ3v) is 4.30. The lowest BCUT2D eigenvalue weighted by Crippen LogP contribution is -2.64. The Balaban J connectivity index is 0. The first kappa shape index (κ1) is 28.8. The first-order valence-electron chi connectivity index (χ1n) is 10.2. The monoisotopic (exact) mass is 417 g/mol. The van der Waals surface area contributed by atoms with E-state index in [1.54, 1.807) is 0 Å². The highest BCUT2D eigenvalue weighted by atomic mass is 16.4. The highest BCUT2D eigenvalue weighted by Crippen LogP contribution is 2.11. The molecule has 0 bridgehead atoms. The number of carbonyl (C=O) groups excluding carboxylic acids is 1. The van der Waals surface area contributed by atoms with Gasteiger partial charge in [-0.05, 0) is 13.3 Å². The summed E-state index contributed by atoms with van der Waals surface area (Å²) in [7, 11) is 0. The predicted octanol–water partition coefficient (Wildman–Crippen LogP) is 1.95. The molecule has 0 saturated heterocycles. The molecule has 0 rings (SSSR count). The van der Waals surface area contributed by atoms with Gasteiger partial charge in [0.2, 0.25) is 5.91 Å². The summed E-state index contributed by atoms with van der Waals surface area (Å²) in [5, 5.41) is 30.8. The number of rotatable bonds is 16. The predicted molar refractivity (Wildman–Crippen MR) is 112 cm³/mol. The van der Waals surface area contributed by atoms with Crippen molar-refractivity contribution in [2.75, 3.05) is 6.67 Å². The third-order valence-electron chi connectivity index (χ3n) is 4.30. The zero-order chi connectivity index (χ0) is 22.5. The van der Waals surface area contributed by atoms with E-state index < -0.39 is 17.6 Å². The van der Waals surface area contributed by atoms with Crippen molar-refractivity contribution >= 4 is 24.3 Å². The van der Waals surface area contributed by atoms with Gasteiger partial charge in [-0.3, -0.25) is 20.3 Å². The van der Waals surface area contributed by atoms with Crippen LogP contribution in [0.25, 0.3) is 0 Å². The number of guanidine groups is 1. The maximum atomic E-state index is 11.8. The summed E-state index contributed by atoms with van der Waals surface area (Å²) in [6, 6.07) is 0. The maximum absolute atomic E-state index is 11.8. The highest BCUT2D eigenvalue weighted by Gasteiger charge is 2.32. The summed E-state index contributed by atoms with van der Waals surface area (Å²) < 4.78 is 0. The molecule has 1 unspecified atom stereocenters. The summed E-state index contributed by atoms with van der Waals surface area (Å²) in [5.41, 5.74) is 3.57. The summed E-state index contributed by atoms with van der Waals surface area (Å²) in [4.78, 5) is 31.3. The second kappa shape index (κ2) is 19.0. The molecule has 0 spiro atoms. The summed E-state index contributed by atoms with van der Waals surface area (Å²) in [6.45, 7) is 3.30. The molecule has 0 aromatic carbocycles. The van der Waals surface area contributed by atoms with E-state index in [4.69, 9.17) is 26.2 Å². The second-order valence-corrected chi connectivity index (χ2v) is 6.96. The van der Waals surface area contributed by atoms with Gasteiger partial charge in [-0.25, -0.2) is 4.79 Å². The first-order valence-corrected chi connectivity index (χ1v) is 10.2. The molecule has 0 fully saturated rings. The average molecular weight is 418 g/mol. The normalized spacial score (nSPS) is 12.1. The summed E-state index contributed by atoms with van der Waals surface area (Å²) >= 11 is 0. The number of nitrogens with one attached hydrogen (secondary N) is 4. The molecule has 0 saturated carbocycles. The number of hydrogen-bond donors (Lipinski definition) is 7. The third kappa shape index (κ3) is 18.8. The molecule has 0 heterocycles. The van der Waals surface area contributed by atoms with Crippen LogP contribution in [-0.2, 0) is 14.4 Å². The summed E-state index contributed by atoms with van der Waals surface area (Å²) in [5.74, 6) is -1.79. The molecule has 10 heteroatoms. The SMILES string of the molecule is CCCCCCCCCCCCC(=O)NCNC(C)(NC(=N)N)C(=O)O.O=CO. The van der Waals surface area contributed by atoms with E-state index in [1.165, 1.54) is 51.9 Å². The number of carboxylic acid groups (broad SMARTS) is 2. The molecule has 0 aliphatic carbocycles. The van der Waals surface area contributed by atoms with Crippen molar-refractivity contribution < 1.29 is 24.6 Å². The van der Waals surface area contributed by atoms with Gasteiger partial charge in [-0.2, -0.15) is 0 Å². The van der Waals surface area contributed by atoms with Crippen LogP contribution in [0.15, 0.2) is 0 Å². The molecule has 0 aromatic rings. The van der Waals surface area contributed by atoms with Crippen LogP contribution in [0.1, 0.15) is 84.5 Å².